The Morgan fingerprint density at radius 2 is 1.83 bits per heavy atom. The second kappa shape index (κ2) is 7.76. The molecular weight excluding hydrogens is 396 g/mol. The lowest BCUT2D eigenvalue weighted by molar-refractivity contribution is -0.115. The molecule has 0 saturated heterocycles. The average molecular weight is 417 g/mol. The van der Waals surface area contributed by atoms with Gasteiger partial charge in [-0.3, -0.25) is 14.0 Å². The van der Waals surface area contributed by atoms with Crippen LogP contribution in [0.1, 0.15) is 28.9 Å². The number of carbonyl (C=O) groups excluding carboxylic acids is 2. The van der Waals surface area contributed by atoms with Gasteiger partial charge in [0.25, 0.3) is 5.91 Å². The summed E-state index contributed by atoms with van der Waals surface area (Å²) < 4.78 is 1.97. The number of hydrogen-bond donors (Lipinski definition) is 2. The summed E-state index contributed by atoms with van der Waals surface area (Å²) in [7, 11) is 0. The van der Waals surface area contributed by atoms with Crippen LogP contribution < -0.4 is 10.6 Å². The van der Waals surface area contributed by atoms with Crippen molar-refractivity contribution in [3.63, 3.8) is 0 Å². The minimum Gasteiger partial charge on any atom is -0.349 e. The fourth-order valence-corrected chi connectivity index (χ4v) is 4.15. The zero-order chi connectivity index (χ0) is 20.5. The molecule has 4 aromatic rings. The van der Waals surface area contributed by atoms with Crippen LogP contribution in [0.15, 0.2) is 66.2 Å². The molecule has 0 atom stereocenters. The van der Waals surface area contributed by atoms with E-state index in [4.69, 9.17) is 0 Å². The number of aromatic nitrogens is 2. The van der Waals surface area contributed by atoms with Crippen molar-refractivity contribution in [2.24, 2.45) is 0 Å². The number of rotatable bonds is 6. The van der Waals surface area contributed by atoms with Crippen LogP contribution in [0.25, 0.3) is 16.2 Å². The molecule has 2 heterocycles. The summed E-state index contributed by atoms with van der Waals surface area (Å²) in [5.74, 6) is -0.176. The molecule has 2 N–H and O–H groups in total. The van der Waals surface area contributed by atoms with E-state index in [1.807, 2.05) is 46.3 Å². The fourth-order valence-electron chi connectivity index (χ4n) is 3.28. The standard InChI is InChI=1S/C23H20N4O2S/c28-21(24-17-8-6-16(7-9-17)22(29)25-18-10-11-18)12-19-14-30-23-26-20(13-27(19)23)15-4-2-1-3-5-15/h1-9,13-14,18H,10-12H2,(H,24,28)(H,25,29). The van der Waals surface area contributed by atoms with Crippen molar-refractivity contribution >= 4 is 33.8 Å². The molecule has 150 valence electrons. The van der Waals surface area contributed by atoms with Crippen molar-refractivity contribution in [1.29, 1.82) is 0 Å². The molecule has 5 rings (SSSR count). The van der Waals surface area contributed by atoms with Crippen LogP contribution in [0.3, 0.4) is 0 Å². The van der Waals surface area contributed by atoms with Crippen LogP contribution in [0.4, 0.5) is 5.69 Å². The summed E-state index contributed by atoms with van der Waals surface area (Å²) in [5.41, 5.74) is 4.11. The van der Waals surface area contributed by atoms with Gasteiger partial charge < -0.3 is 10.6 Å². The van der Waals surface area contributed by atoms with Crippen LogP contribution >= 0.6 is 11.3 Å². The summed E-state index contributed by atoms with van der Waals surface area (Å²) in [6.45, 7) is 0. The number of benzene rings is 2. The van der Waals surface area contributed by atoms with Crippen LogP contribution in [0.2, 0.25) is 0 Å². The Morgan fingerprint density at radius 1 is 1.07 bits per heavy atom. The number of amides is 2. The third kappa shape index (κ3) is 3.97. The molecule has 2 aromatic heterocycles. The van der Waals surface area contributed by atoms with Gasteiger partial charge in [-0.25, -0.2) is 4.98 Å². The molecule has 0 bridgehead atoms. The van der Waals surface area contributed by atoms with E-state index in [1.54, 1.807) is 24.3 Å². The predicted octanol–water partition coefficient (Wildman–Crippen LogP) is 4.14. The van der Waals surface area contributed by atoms with Crippen LogP contribution in [0.5, 0.6) is 0 Å². The van der Waals surface area contributed by atoms with Crippen molar-refractivity contribution in [2.45, 2.75) is 25.3 Å². The second-order valence-corrected chi connectivity index (χ2v) is 8.26. The van der Waals surface area contributed by atoms with Crippen LogP contribution in [-0.4, -0.2) is 27.2 Å². The third-order valence-electron chi connectivity index (χ3n) is 5.04. The zero-order valence-electron chi connectivity index (χ0n) is 16.2. The first-order valence-electron chi connectivity index (χ1n) is 9.87. The highest BCUT2D eigenvalue weighted by Gasteiger charge is 2.23. The fraction of sp³-hybridized carbons (Fsp3) is 0.174. The van der Waals surface area contributed by atoms with Crippen molar-refractivity contribution < 1.29 is 9.59 Å². The molecule has 1 saturated carbocycles. The summed E-state index contributed by atoms with van der Waals surface area (Å²) >= 11 is 1.52. The molecular formula is C23H20N4O2S. The Hall–Kier alpha value is -3.45. The number of carbonyl (C=O) groups is 2. The predicted molar refractivity (Wildman–Crippen MR) is 118 cm³/mol. The molecule has 1 fully saturated rings. The van der Waals surface area contributed by atoms with Gasteiger partial charge in [0, 0.05) is 40.1 Å². The Morgan fingerprint density at radius 3 is 2.57 bits per heavy atom. The van der Waals surface area contributed by atoms with Crippen molar-refractivity contribution in [3.05, 3.63) is 77.4 Å². The van der Waals surface area contributed by atoms with E-state index in [2.05, 4.69) is 15.6 Å². The number of imidazole rings is 1. The highest BCUT2D eigenvalue weighted by atomic mass is 32.1. The maximum atomic E-state index is 12.6. The van der Waals surface area contributed by atoms with Crippen molar-refractivity contribution in [1.82, 2.24) is 14.7 Å². The monoisotopic (exact) mass is 416 g/mol. The summed E-state index contributed by atoms with van der Waals surface area (Å²) in [4.78, 5) is 30.1. The maximum Gasteiger partial charge on any atom is 0.251 e. The lowest BCUT2D eigenvalue weighted by Crippen LogP contribution is -2.25. The first-order chi connectivity index (χ1) is 14.7. The lowest BCUT2D eigenvalue weighted by atomic mass is 10.2. The van der Waals surface area contributed by atoms with E-state index in [0.29, 0.717) is 17.3 Å². The maximum absolute atomic E-state index is 12.6. The molecule has 2 aromatic carbocycles. The van der Waals surface area contributed by atoms with E-state index in [-0.39, 0.29) is 18.2 Å². The number of fused-ring (bicyclic) bond motifs is 1. The molecule has 0 unspecified atom stereocenters. The van der Waals surface area contributed by atoms with Gasteiger partial charge in [-0.05, 0) is 37.1 Å². The van der Waals surface area contributed by atoms with Crippen LogP contribution in [-0.2, 0) is 11.2 Å². The van der Waals surface area contributed by atoms with Gasteiger partial charge in [0.05, 0.1) is 12.1 Å². The van der Waals surface area contributed by atoms with Gasteiger partial charge in [0.15, 0.2) is 4.96 Å². The van der Waals surface area contributed by atoms with Gasteiger partial charge in [0.2, 0.25) is 5.91 Å². The topological polar surface area (TPSA) is 75.5 Å². The molecule has 0 radical (unpaired) electrons. The zero-order valence-corrected chi connectivity index (χ0v) is 17.0. The summed E-state index contributed by atoms with van der Waals surface area (Å²) in [6, 6.07) is 17.3. The highest BCUT2D eigenvalue weighted by molar-refractivity contribution is 7.15. The smallest absolute Gasteiger partial charge is 0.251 e. The van der Waals surface area contributed by atoms with Gasteiger partial charge in [-0.2, -0.15) is 0 Å². The van der Waals surface area contributed by atoms with Gasteiger partial charge in [-0.1, -0.05) is 30.3 Å². The molecule has 2 amide bonds. The van der Waals surface area contributed by atoms with E-state index in [0.717, 1.165) is 34.8 Å². The Bertz CT molecular complexity index is 1210. The van der Waals surface area contributed by atoms with Crippen molar-refractivity contribution in [3.8, 4) is 11.3 Å². The van der Waals surface area contributed by atoms with E-state index in [9.17, 15) is 9.59 Å². The van der Waals surface area contributed by atoms with Crippen molar-refractivity contribution in [2.75, 3.05) is 5.32 Å². The number of anilines is 1. The van der Waals surface area contributed by atoms with Gasteiger partial charge in [0.1, 0.15) is 0 Å². The van der Waals surface area contributed by atoms with Gasteiger partial charge >= 0.3 is 0 Å². The van der Waals surface area contributed by atoms with Crippen LogP contribution in [0, 0.1) is 0 Å². The first kappa shape index (κ1) is 18.6. The third-order valence-corrected chi connectivity index (χ3v) is 5.93. The number of thiazole rings is 1. The second-order valence-electron chi connectivity index (χ2n) is 7.42. The SMILES string of the molecule is O=C(Cc1csc2nc(-c3ccccc3)cn12)Nc1ccc(C(=O)NC2CC2)cc1. The Balaban J connectivity index is 1.25. The largest absolute Gasteiger partial charge is 0.349 e. The van der Waals surface area contributed by atoms with E-state index >= 15 is 0 Å². The average Bonchev–Trinajstić information content (AvgIpc) is 3.35. The highest BCUT2D eigenvalue weighted by Crippen LogP contribution is 2.24. The summed E-state index contributed by atoms with van der Waals surface area (Å²) in [5, 5.41) is 7.82. The Labute approximate surface area is 177 Å². The quantitative estimate of drug-likeness (QED) is 0.496. The molecule has 7 heteroatoms. The number of nitrogens with zero attached hydrogens (tertiary/aromatic N) is 2. The normalized spacial score (nSPS) is 13.3. The van der Waals surface area contributed by atoms with E-state index < -0.39 is 0 Å². The van der Waals surface area contributed by atoms with Gasteiger partial charge in [-0.15, -0.1) is 11.3 Å². The molecule has 1 aliphatic carbocycles. The molecule has 0 spiro atoms. The minimum absolute atomic E-state index is 0.0645. The minimum atomic E-state index is -0.111. The van der Waals surface area contributed by atoms with E-state index in [1.165, 1.54) is 11.3 Å². The summed E-state index contributed by atoms with van der Waals surface area (Å²) in [6.07, 6.45) is 4.32. The molecule has 6 nitrogen and oxygen atoms in total. The lowest BCUT2D eigenvalue weighted by Gasteiger charge is -2.07. The number of nitrogens with one attached hydrogen (secondary N) is 2. The number of hydrogen-bond acceptors (Lipinski definition) is 4. The molecule has 30 heavy (non-hydrogen) atoms. The first-order valence-corrected chi connectivity index (χ1v) is 10.8. The molecule has 0 aliphatic heterocycles. The Kier molecular flexibility index (Phi) is 4.80. The molecule has 1 aliphatic rings.